The fraction of sp³-hybridized carbons (Fsp3) is 0.462. The molecule has 3 aromatic rings. The predicted molar refractivity (Wildman–Crippen MR) is 145 cm³/mol. The van der Waals surface area contributed by atoms with Crippen molar-refractivity contribution in [2.45, 2.75) is 70.8 Å². The van der Waals surface area contributed by atoms with Gasteiger partial charge in [0.05, 0.1) is 29.5 Å². The molecule has 0 bridgehead atoms. The molecule has 2 aromatic heterocycles. The number of fused-ring (bicyclic) bond motifs is 1. The molecule has 1 aliphatic heterocycles. The summed E-state index contributed by atoms with van der Waals surface area (Å²) < 4.78 is 29.0. The van der Waals surface area contributed by atoms with E-state index in [1.54, 1.807) is 18.0 Å². The Morgan fingerprint density at radius 3 is 2.56 bits per heavy atom. The lowest BCUT2D eigenvalue weighted by Gasteiger charge is -2.20. The Kier molecular flexibility index (Phi) is 9.69. The topological polar surface area (TPSA) is 114 Å². The summed E-state index contributed by atoms with van der Waals surface area (Å²) in [5.74, 6) is 2.01. The quantitative estimate of drug-likeness (QED) is 0.370. The molecule has 10 heteroatoms. The summed E-state index contributed by atoms with van der Waals surface area (Å²) in [5, 5.41) is 12.4. The van der Waals surface area contributed by atoms with Gasteiger partial charge in [-0.1, -0.05) is 31.7 Å². The zero-order chi connectivity index (χ0) is 26.3. The molecule has 0 radical (unpaired) electrons. The van der Waals surface area contributed by atoms with E-state index >= 15 is 0 Å². The second-order valence-corrected chi connectivity index (χ2v) is 10.8. The minimum Gasteiger partial charge on any atom is -0.488 e. The minimum absolute atomic E-state index is 0.127. The Balaban J connectivity index is 0.00000115. The summed E-state index contributed by atoms with van der Waals surface area (Å²) in [4.78, 5) is 12.6. The summed E-state index contributed by atoms with van der Waals surface area (Å²) in [6, 6.07) is 9.89. The molecule has 0 saturated carbocycles. The zero-order valence-electron chi connectivity index (χ0n) is 21.2. The van der Waals surface area contributed by atoms with Crippen LogP contribution in [0.5, 0.6) is 17.4 Å². The predicted octanol–water partition coefficient (Wildman–Crippen LogP) is 5.58. The summed E-state index contributed by atoms with van der Waals surface area (Å²) in [6.07, 6.45) is 4.48. The second-order valence-electron chi connectivity index (χ2n) is 9.37. The number of ether oxygens (including phenoxy) is 2. The molecule has 36 heavy (non-hydrogen) atoms. The van der Waals surface area contributed by atoms with Crippen molar-refractivity contribution in [3.63, 3.8) is 0 Å². The highest BCUT2D eigenvalue weighted by Crippen LogP contribution is 2.37. The third-order valence-corrected chi connectivity index (χ3v) is 6.87. The number of benzene rings is 1. The van der Waals surface area contributed by atoms with Crippen LogP contribution in [0.1, 0.15) is 58.2 Å². The van der Waals surface area contributed by atoms with Gasteiger partial charge in [0.25, 0.3) is 0 Å². The van der Waals surface area contributed by atoms with Gasteiger partial charge in [0.1, 0.15) is 16.5 Å². The first kappa shape index (κ1) is 27.9. The maximum Gasteiger partial charge on any atom is 0.335 e. The van der Waals surface area contributed by atoms with Gasteiger partial charge in [-0.3, -0.25) is 4.99 Å². The van der Waals surface area contributed by atoms with E-state index in [-0.39, 0.29) is 11.4 Å². The second kappa shape index (κ2) is 12.5. The van der Waals surface area contributed by atoms with Crippen LogP contribution in [0.15, 0.2) is 41.5 Å². The highest BCUT2D eigenvalue weighted by Gasteiger charge is 2.28. The van der Waals surface area contributed by atoms with Crippen LogP contribution in [0.25, 0.3) is 10.9 Å². The van der Waals surface area contributed by atoms with Crippen LogP contribution >= 0.6 is 11.8 Å². The smallest absolute Gasteiger partial charge is 0.335 e. The Labute approximate surface area is 219 Å². The van der Waals surface area contributed by atoms with Gasteiger partial charge in [-0.15, -0.1) is 0 Å². The van der Waals surface area contributed by atoms with Crippen molar-refractivity contribution in [2.75, 3.05) is 6.54 Å². The Hall–Kier alpha value is -2.69. The van der Waals surface area contributed by atoms with Gasteiger partial charge < -0.3 is 19.6 Å². The molecule has 0 aliphatic carbocycles. The molecule has 0 saturated heterocycles. The zero-order valence-corrected chi connectivity index (χ0v) is 22.9. The van der Waals surface area contributed by atoms with Gasteiger partial charge in [0, 0.05) is 29.0 Å². The highest BCUT2D eigenvalue weighted by molar-refractivity contribution is 8.15. The first-order valence-electron chi connectivity index (χ1n) is 11.9. The number of hydrogen-bond acceptors (Lipinski definition) is 8. The fourth-order valence-electron chi connectivity index (χ4n) is 3.95. The number of pyridine rings is 1. The SMILES string of the molecule is CCC(CC)Oc1cc(Oc2ccc(C)cn2)cc2cc(C3=NCC(CC(C)(C)O)S3)[nH]c12.O=S=O. The molecule has 4 rings (SSSR count). The summed E-state index contributed by atoms with van der Waals surface area (Å²) in [5.41, 5.74) is 2.29. The van der Waals surface area contributed by atoms with Crippen LogP contribution < -0.4 is 9.47 Å². The van der Waals surface area contributed by atoms with Crippen molar-refractivity contribution >= 4 is 39.3 Å². The van der Waals surface area contributed by atoms with Crippen molar-refractivity contribution in [3.05, 3.63) is 47.8 Å². The van der Waals surface area contributed by atoms with Crippen LogP contribution in [0.4, 0.5) is 0 Å². The van der Waals surface area contributed by atoms with Crippen molar-refractivity contribution in [1.29, 1.82) is 0 Å². The van der Waals surface area contributed by atoms with Crippen LogP contribution in [0, 0.1) is 6.92 Å². The monoisotopic (exact) mass is 531 g/mol. The number of aliphatic hydroxyl groups is 1. The number of rotatable bonds is 9. The van der Waals surface area contributed by atoms with Gasteiger partial charge >= 0.3 is 11.6 Å². The molecule has 0 amide bonds. The fourth-order valence-corrected chi connectivity index (χ4v) is 5.29. The first-order valence-corrected chi connectivity index (χ1v) is 13.5. The highest BCUT2D eigenvalue weighted by atomic mass is 32.2. The third kappa shape index (κ3) is 7.65. The number of aliphatic imine (C=N–C) groups is 1. The van der Waals surface area contributed by atoms with Crippen molar-refractivity contribution in [3.8, 4) is 17.4 Å². The summed E-state index contributed by atoms with van der Waals surface area (Å²) in [7, 11) is 0. The number of aromatic nitrogens is 2. The maximum atomic E-state index is 10.2. The molecule has 3 heterocycles. The lowest BCUT2D eigenvalue weighted by Crippen LogP contribution is -2.25. The van der Waals surface area contributed by atoms with E-state index in [1.807, 2.05) is 45.0 Å². The summed E-state index contributed by atoms with van der Waals surface area (Å²) >= 11 is 0.969. The average Bonchev–Trinajstić information content (AvgIpc) is 3.45. The molecule has 0 fully saturated rings. The number of nitrogens with zero attached hydrogens (tertiary/aromatic N) is 2. The van der Waals surface area contributed by atoms with E-state index in [2.05, 4.69) is 29.9 Å². The number of H-pyrrole nitrogens is 1. The van der Waals surface area contributed by atoms with Gasteiger partial charge in [-0.2, -0.15) is 8.42 Å². The molecular weight excluding hydrogens is 498 g/mol. The van der Waals surface area contributed by atoms with E-state index in [9.17, 15) is 5.11 Å². The first-order chi connectivity index (χ1) is 17.1. The van der Waals surface area contributed by atoms with Crippen LogP contribution in [-0.4, -0.2) is 52.0 Å². The summed E-state index contributed by atoms with van der Waals surface area (Å²) in [6.45, 7) is 10.7. The number of thioether (sulfide) groups is 1. The van der Waals surface area contributed by atoms with Crippen LogP contribution in [0.2, 0.25) is 0 Å². The number of nitrogens with one attached hydrogen (secondary N) is 1. The van der Waals surface area contributed by atoms with Gasteiger partial charge in [-0.05, 0) is 57.7 Å². The largest absolute Gasteiger partial charge is 0.488 e. The Morgan fingerprint density at radius 1 is 1.22 bits per heavy atom. The van der Waals surface area contributed by atoms with Gasteiger partial charge in [0.15, 0.2) is 0 Å². The van der Waals surface area contributed by atoms with Gasteiger partial charge in [-0.25, -0.2) is 4.98 Å². The van der Waals surface area contributed by atoms with Crippen molar-refractivity contribution in [2.24, 2.45) is 4.99 Å². The molecule has 1 aliphatic rings. The van der Waals surface area contributed by atoms with Crippen molar-refractivity contribution in [1.82, 2.24) is 9.97 Å². The lowest BCUT2D eigenvalue weighted by molar-refractivity contribution is 0.0714. The number of aromatic amines is 1. The Morgan fingerprint density at radius 2 is 1.94 bits per heavy atom. The van der Waals surface area contributed by atoms with Crippen LogP contribution in [-0.2, 0) is 11.6 Å². The number of hydrogen-bond donors (Lipinski definition) is 2. The maximum absolute atomic E-state index is 10.2. The molecule has 2 N–H and O–H groups in total. The third-order valence-electron chi connectivity index (χ3n) is 5.65. The normalized spacial score (nSPS) is 15.4. The van der Waals surface area contributed by atoms with E-state index in [0.717, 1.165) is 45.8 Å². The van der Waals surface area contributed by atoms with Crippen molar-refractivity contribution < 1.29 is 23.0 Å². The molecule has 1 atom stereocenters. The molecular formula is C26H33N3O5S2. The molecule has 1 unspecified atom stereocenters. The molecule has 0 spiro atoms. The minimum atomic E-state index is -0.750. The average molecular weight is 532 g/mol. The van der Waals surface area contributed by atoms with E-state index in [1.165, 1.54) is 0 Å². The van der Waals surface area contributed by atoms with E-state index < -0.39 is 17.2 Å². The standard InChI is InChI=1S/C26H33N3O3S.O2S/c1-6-18(7-2)31-22-12-19(32-23-9-8-16(3)14-27-23)10-17-11-21(29-24(17)22)25-28-15-20(33-25)13-26(4,5)30;1-3-2/h8-12,14,18,20,29-30H,6-7,13,15H2,1-5H3;. The Bertz CT molecular complexity index is 1220. The van der Waals surface area contributed by atoms with E-state index in [4.69, 9.17) is 22.9 Å². The van der Waals surface area contributed by atoms with E-state index in [0.29, 0.717) is 24.6 Å². The molecule has 8 nitrogen and oxygen atoms in total. The van der Waals surface area contributed by atoms with Gasteiger partial charge in [0.2, 0.25) is 5.88 Å². The molecule has 1 aromatic carbocycles. The van der Waals surface area contributed by atoms with Crippen LogP contribution in [0.3, 0.4) is 0 Å². The number of aryl methyl sites for hydroxylation is 1. The lowest BCUT2D eigenvalue weighted by atomic mass is 10.0. The molecule has 194 valence electrons.